The van der Waals surface area contributed by atoms with Crippen LogP contribution in [0, 0.1) is 0 Å². The summed E-state index contributed by atoms with van der Waals surface area (Å²) in [4.78, 5) is 23.6. The van der Waals surface area contributed by atoms with Crippen molar-refractivity contribution in [1.82, 2.24) is 5.43 Å². The second-order valence-corrected chi connectivity index (χ2v) is 6.54. The molecule has 2 heterocycles. The highest BCUT2D eigenvalue weighted by Gasteiger charge is 2.12. The molecule has 1 aromatic carbocycles. The van der Waals surface area contributed by atoms with E-state index in [9.17, 15) is 14.7 Å². The molecular formula is C19H15N2O5S-. The highest BCUT2D eigenvalue weighted by atomic mass is 32.1. The van der Waals surface area contributed by atoms with E-state index >= 15 is 0 Å². The number of nitrogens with one attached hydrogen (secondary N) is 1. The number of carboxylic acids is 1. The molecule has 7 nitrogen and oxygen atoms in total. The fraction of sp³-hybridized carbons (Fsp3) is 0.105. The number of hydrogen-bond donors (Lipinski definition) is 1. The molecule has 1 N–H and O–H groups in total. The maximum Gasteiger partial charge on any atom is 0.307 e. The summed E-state index contributed by atoms with van der Waals surface area (Å²) in [6, 6.07) is 15.5. The van der Waals surface area contributed by atoms with Crippen molar-refractivity contribution < 1.29 is 23.8 Å². The van der Waals surface area contributed by atoms with Crippen molar-refractivity contribution in [2.75, 3.05) is 0 Å². The van der Waals surface area contributed by atoms with Crippen molar-refractivity contribution in [1.29, 1.82) is 0 Å². The van der Waals surface area contributed by atoms with Gasteiger partial charge in [-0.05, 0) is 43.3 Å². The zero-order chi connectivity index (χ0) is 19.2. The summed E-state index contributed by atoms with van der Waals surface area (Å²) in [5.41, 5.74) is 2.85. The summed E-state index contributed by atoms with van der Waals surface area (Å²) < 4.78 is 11.0. The second-order valence-electron chi connectivity index (χ2n) is 5.46. The van der Waals surface area contributed by atoms with E-state index in [1.807, 2.05) is 30.3 Å². The molecule has 2 aromatic heterocycles. The lowest BCUT2D eigenvalue weighted by molar-refractivity contribution is -0.254. The van der Waals surface area contributed by atoms with E-state index in [1.165, 1.54) is 12.1 Å². The summed E-state index contributed by atoms with van der Waals surface area (Å²) in [5, 5.41) is 14.8. The number of hydrazone groups is 1. The van der Waals surface area contributed by atoms with Crippen LogP contribution in [0.5, 0.6) is 5.75 Å². The minimum Gasteiger partial charge on any atom is -0.544 e. The molecule has 1 amide bonds. The van der Waals surface area contributed by atoms with Crippen LogP contribution in [-0.4, -0.2) is 17.6 Å². The molecule has 0 atom stereocenters. The van der Waals surface area contributed by atoms with Gasteiger partial charge in [0.2, 0.25) is 0 Å². The van der Waals surface area contributed by atoms with Crippen molar-refractivity contribution >= 4 is 28.9 Å². The highest BCUT2D eigenvalue weighted by Crippen LogP contribution is 2.17. The van der Waals surface area contributed by atoms with Gasteiger partial charge in [-0.1, -0.05) is 18.2 Å². The van der Waals surface area contributed by atoms with Gasteiger partial charge in [-0.15, -0.1) is 11.3 Å². The lowest BCUT2D eigenvalue weighted by Crippen LogP contribution is -2.20. The van der Waals surface area contributed by atoms with Crippen LogP contribution in [0.15, 0.2) is 64.1 Å². The van der Waals surface area contributed by atoms with E-state index in [4.69, 9.17) is 9.15 Å². The van der Waals surface area contributed by atoms with Crippen LogP contribution in [0.4, 0.5) is 0 Å². The number of nitrogens with zero attached hydrogens (tertiary/aromatic N) is 1. The minimum absolute atomic E-state index is 0.0971. The molecule has 8 heteroatoms. The number of aromatic carboxylic acids is 1. The molecule has 0 unspecified atom stereocenters. The number of carbonyl (C=O) groups is 2. The molecule has 3 aromatic rings. The molecule has 0 radical (unpaired) electrons. The predicted molar refractivity (Wildman–Crippen MR) is 97.8 cm³/mol. The van der Waals surface area contributed by atoms with Gasteiger partial charge in [0.25, 0.3) is 0 Å². The SMILES string of the molecule is C/C(=N/NC(=O)c1ccc(COc2ccccc2)o1)c1ccc(C(=O)[O-])s1. The summed E-state index contributed by atoms with van der Waals surface area (Å²) in [7, 11) is 0. The van der Waals surface area contributed by atoms with E-state index in [0.717, 1.165) is 11.3 Å². The van der Waals surface area contributed by atoms with Crippen LogP contribution in [0.1, 0.15) is 37.8 Å². The smallest absolute Gasteiger partial charge is 0.307 e. The Kier molecular flexibility index (Phi) is 5.68. The average molecular weight is 383 g/mol. The number of rotatable bonds is 7. The van der Waals surface area contributed by atoms with Gasteiger partial charge in [0, 0.05) is 0 Å². The Morgan fingerprint density at radius 2 is 1.85 bits per heavy atom. The first-order valence-electron chi connectivity index (χ1n) is 7.95. The third-order valence-electron chi connectivity index (χ3n) is 3.50. The van der Waals surface area contributed by atoms with Crippen molar-refractivity contribution in [3.63, 3.8) is 0 Å². The normalized spacial score (nSPS) is 11.2. The van der Waals surface area contributed by atoms with Crippen LogP contribution in [-0.2, 0) is 6.61 Å². The Morgan fingerprint density at radius 1 is 1.11 bits per heavy atom. The fourth-order valence-corrected chi connectivity index (χ4v) is 2.92. The van der Waals surface area contributed by atoms with Crippen LogP contribution in [0.25, 0.3) is 0 Å². The van der Waals surface area contributed by atoms with Crippen molar-refractivity contribution in [2.24, 2.45) is 5.10 Å². The third-order valence-corrected chi connectivity index (χ3v) is 4.67. The lowest BCUT2D eigenvalue weighted by atomic mass is 10.3. The van der Waals surface area contributed by atoms with Gasteiger partial charge in [0.1, 0.15) is 18.1 Å². The van der Waals surface area contributed by atoms with Crippen LogP contribution < -0.4 is 15.3 Å². The Bertz CT molecular complexity index is 975. The number of benzene rings is 1. The Morgan fingerprint density at radius 3 is 2.56 bits per heavy atom. The Balaban J connectivity index is 1.57. The van der Waals surface area contributed by atoms with Crippen LogP contribution in [0.3, 0.4) is 0 Å². The molecule has 27 heavy (non-hydrogen) atoms. The molecule has 138 valence electrons. The molecule has 0 aliphatic rings. The van der Waals surface area contributed by atoms with Gasteiger partial charge >= 0.3 is 5.91 Å². The number of ether oxygens (including phenoxy) is 1. The molecule has 0 fully saturated rings. The highest BCUT2D eigenvalue weighted by molar-refractivity contribution is 7.15. The fourth-order valence-electron chi connectivity index (χ4n) is 2.14. The number of carboxylic acid groups (broad SMARTS) is 1. The average Bonchev–Trinajstić information content (AvgIpc) is 3.35. The molecule has 0 aliphatic carbocycles. The maximum absolute atomic E-state index is 12.1. The summed E-state index contributed by atoms with van der Waals surface area (Å²) in [6.07, 6.45) is 0. The molecule has 0 bridgehead atoms. The van der Waals surface area contributed by atoms with E-state index < -0.39 is 11.9 Å². The number of furan rings is 1. The molecular weight excluding hydrogens is 368 g/mol. The van der Waals surface area contributed by atoms with Gasteiger partial charge in [0.15, 0.2) is 5.76 Å². The van der Waals surface area contributed by atoms with Crippen molar-refractivity contribution in [3.8, 4) is 5.75 Å². The maximum atomic E-state index is 12.1. The van der Waals surface area contributed by atoms with E-state index in [2.05, 4.69) is 10.5 Å². The predicted octanol–water partition coefficient (Wildman–Crippen LogP) is 2.44. The molecule has 0 saturated carbocycles. The monoisotopic (exact) mass is 383 g/mol. The van der Waals surface area contributed by atoms with Crippen molar-refractivity contribution in [2.45, 2.75) is 13.5 Å². The van der Waals surface area contributed by atoms with Gasteiger partial charge < -0.3 is 19.1 Å². The second kappa shape index (κ2) is 8.33. The first-order valence-corrected chi connectivity index (χ1v) is 8.77. The Hall–Kier alpha value is -3.39. The Labute approximate surface area is 158 Å². The van der Waals surface area contributed by atoms with Crippen molar-refractivity contribution in [3.05, 3.63) is 75.9 Å². The molecule has 3 rings (SSSR count). The van der Waals surface area contributed by atoms with Crippen LogP contribution in [0.2, 0.25) is 0 Å². The third kappa shape index (κ3) is 4.83. The topological polar surface area (TPSA) is 104 Å². The van der Waals surface area contributed by atoms with Gasteiger partial charge in [-0.2, -0.15) is 5.10 Å². The van der Waals surface area contributed by atoms with Gasteiger partial charge in [-0.3, -0.25) is 4.79 Å². The van der Waals surface area contributed by atoms with E-state index in [-0.39, 0.29) is 17.2 Å². The number of carbonyl (C=O) groups excluding carboxylic acids is 2. The summed E-state index contributed by atoms with van der Waals surface area (Å²) >= 11 is 1.02. The quantitative estimate of drug-likeness (QED) is 0.498. The lowest BCUT2D eigenvalue weighted by Gasteiger charge is -2.03. The zero-order valence-electron chi connectivity index (χ0n) is 14.3. The first kappa shape index (κ1) is 18.4. The number of hydrogen-bond acceptors (Lipinski definition) is 7. The number of para-hydroxylation sites is 1. The number of thiophene rings is 1. The van der Waals surface area contributed by atoms with Crippen LogP contribution >= 0.6 is 11.3 Å². The number of amides is 1. The largest absolute Gasteiger partial charge is 0.544 e. The first-order chi connectivity index (χ1) is 13.0. The van der Waals surface area contributed by atoms with Gasteiger partial charge in [0.05, 0.1) is 21.4 Å². The standard InChI is InChI=1S/C19H16N2O5S/c1-12(16-9-10-17(27-16)19(23)24)20-21-18(22)15-8-7-14(26-15)11-25-13-5-3-2-4-6-13/h2-10H,11H2,1H3,(H,21,22)(H,23,24)/p-1/b20-12-. The summed E-state index contributed by atoms with van der Waals surface area (Å²) in [5.74, 6) is -0.464. The minimum atomic E-state index is -1.25. The molecule has 0 saturated heterocycles. The van der Waals surface area contributed by atoms with Gasteiger partial charge in [-0.25, -0.2) is 5.43 Å². The molecule has 0 aliphatic heterocycles. The molecule has 0 spiro atoms. The summed E-state index contributed by atoms with van der Waals surface area (Å²) in [6.45, 7) is 1.85. The van der Waals surface area contributed by atoms with E-state index in [1.54, 1.807) is 19.1 Å². The van der Waals surface area contributed by atoms with E-state index in [0.29, 0.717) is 22.1 Å². The zero-order valence-corrected chi connectivity index (χ0v) is 15.1.